The SMILES string of the molecule is Cc1noc(C2(c3ccccc3)CCN(C)CC2)n1. The minimum absolute atomic E-state index is 0.116. The largest absolute Gasteiger partial charge is 0.338 e. The van der Waals surface area contributed by atoms with E-state index in [4.69, 9.17) is 4.52 Å². The van der Waals surface area contributed by atoms with Gasteiger partial charge in [0.1, 0.15) is 0 Å². The first-order chi connectivity index (χ1) is 9.21. The predicted octanol–water partition coefficient (Wildman–Crippen LogP) is 2.39. The number of piperidine rings is 1. The monoisotopic (exact) mass is 257 g/mol. The average molecular weight is 257 g/mol. The number of nitrogens with zero attached hydrogens (tertiary/aromatic N) is 3. The molecule has 2 heterocycles. The van der Waals surface area contributed by atoms with E-state index in [0.29, 0.717) is 5.82 Å². The molecule has 1 aromatic carbocycles. The van der Waals surface area contributed by atoms with Crippen LogP contribution in [0.4, 0.5) is 0 Å². The number of aromatic nitrogens is 2. The van der Waals surface area contributed by atoms with Gasteiger partial charge < -0.3 is 9.42 Å². The molecule has 0 unspecified atom stereocenters. The molecule has 0 N–H and O–H groups in total. The summed E-state index contributed by atoms with van der Waals surface area (Å²) in [6.45, 7) is 3.98. The molecule has 2 aromatic rings. The molecule has 4 nitrogen and oxygen atoms in total. The highest BCUT2D eigenvalue weighted by Crippen LogP contribution is 2.40. The fourth-order valence-electron chi connectivity index (χ4n) is 2.87. The zero-order valence-corrected chi connectivity index (χ0v) is 11.5. The summed E-state index contributed by atoms with van der Waals surface area (Å²) in [4.78, 5) is 6.86. The first-order valence-electron chi connectivity index (χ1n) is 6.75. The quantitative estimate of drug-likeness (QED) is 0.828. The topological polar surface area (TPSA) is 42.2 Å². The van der Waals surface area contributed by atoms with Crippen LogP contribution in [0.5, 0.6) is 0 Å². The van der Waals surface area contributed by atoms with Crippen molar-refractivity contribution in [1.82, 2.24) is 15.0 Å². The molecule has 0 bridgehead atoms. The van der Waals surface area contributed by atoms with Crippen molar-refractivity contribution < 1.29 is 4.52 Å². The summed E-state index contributed by atoms with van der Waals surface area (Å²) in [6, 6.07) is 10.6. The number of aryl methyl sites for hydroxylation is 1. The highest BCUT2D eigenvalue weighted by molar-refractivity contribution is 5.32. The Morgan fingerprint density at radius 3 is 2.42 bits per heavy atom. The molecule has 19 heavy (non-hydrogen) atoms. The van der Waals surface area contributed by atoms with Crippen LogP contribution in [0.1, 0.15) is 30.1 Å². The lowest BCUT2D eigenvalue weighted by Crippen LogP contribution is -2.41. The molecule has 1 aliphatic heterocycles. The van der Waals surface area contributed by atoms with Crippen LogP contribution in [0, 0.1) is 6.92 Å². The molecule has 4 heteroatoms. The Kier molecular flexibility index (Phi) is 3.11. The molecule has 1 aliphatic rings. The zero-order valence-electron chi connectivity index (χ0n) is 11.5. The van der Waals surface area contributed by atoms with E-state index in [9.17, 15) is 0 Å². The summed E-state index contributed by atoms with van der Waals surface area (Å²) in [5, 5.41) is 3.98. The highest BCUT2D eigenvalue weighted by atomic mass is 16.5. The summed E-state index contributed by atoms with van der Waals surface area (Å²) in [5.41, 5.74) is 1.17. The van der Waals surface area contributed by atoms with Gasteiger partial charge in [-0.2, -0.15) is 4.98 Å². The third kappa shape index (κ3) is 2.16. The maximum absolute atomic E-state index is 5.52. The van der Waals surface area contributed by atoms with Crippen molar-refractivity contribution >= 4 is 0 Å². The van der Waals surface area contributed by atoms with Gasteiger partial charge in [-0.3, -0.25) is 0 Å². The van der Waals surface area contributed by atoms with Crippen LogP contribution in [0.25, 0.3) is 0 Å². The van der Waals surface area contributed by atoms with Crippen molar-refractivity contribution in [2.75, 3.05) is 20.1 Å². The Balaban J connectivity index is 2.06. The molecular weight excluding hydrogens is 238 g/mol. The zero-order chi connectivity index (χ0) is 13.3. The predicted molar refractivity (Wildman–Crippen MR) is 73.0 cm³/mol. The second-order valence-corrected chi connectivity index (χ2v) is 5.40. The van der Waals surface area contributed by atoms with Gasteiger partial charge in [-0.15, -0.1) is 0 Å². The smallest absolute Gasteiger partial charge is 0.237 e. The van der Waals surface area contributed by atoms with E-state index in [1.807, 2.05) is 13.0 Å². The molecule has 1 aromatic heterocycles. The van der Waals surface area contributed by atoms with Crippen LogP contribution in [-0.2, 0) is 5.41 Å². The number of hydrogen-bond donors (Lipinski definition) is 0. The van der Waals surface area contributed by atoms with Crippen LogP contribution in [-0.4, -0.2) is 35.2 Å². The Morgan fingerprint density at radius 2 is 1.84 bits per heavy atom. The normalized spacial score (nSPS) is 19.5. The van der Waals surface area contributed by atoms with Crippen LogP contribution in [0.3, 0.4) is 0 Å². The van der Waals surface area contributed by atoms with E-state index in [1.165, 1.54) is 5.56 Å². The van der Waals surface area contributed by atoms with Crippen molar-refractivity contribution in [3.8, 4) is 0 Å². The van der Waals surface area contributed by atoms with E-state index >= 15 is 0 Å². The highest BCUT2D eigenvalue weighted by Gasteiger charge is 2.41. The third-order valence-corrected chi connectivity index (χ3v) is 4.10. The maximum atomic E-state index is 5.52. The van der Waals surface area contributed by atoms with E-state index in [1.54, 1.807) is 0 Å². The molecule has 0 amide bonds. The Hall–Kier alpha value is -1.68. The summed E-state index contributed by atoms with van der Waals surface area (Å²) in [6.07, 6.45) is 2.05. The molecule has 1 fully saturated rings. The summed E-state index contributed by atoms with van der Waals surface area (Å²) >= 11 is 0. The van der Waals surface area contributed by atoms with Crippen molar-refractivity contribution in [2.24, 2.45) is 0 Å². The first kappa shape index (κ1) is 12.4. The lowest BCUT2D eigenvalue weighted by Gasteiger charge is -2.38. The first-order valence-corrected chi connectivity index (χ1v) is 6.75. The number of hydrogen-bond acceptors (Lipinski definition) is 4. The van der Waals surface area contributed by atoms with Gasteiger partial charge in [-0.05, 0) is 45.5 Å². The van der Waals surface area contributed by atoms with Crippen LogP contribution in [0.15, 0.2) is 34.9 Å². The summed E-state index contributed by atoms with van der Waals surface area (Å²) in [5.74, 6) is 1.48. The van der Waals surface area contributed by atoms with Crippen LogP contribution in [0.2, 0.25) is 0 Å². The standard InChI is InChI=1S/C15H19N3O/c1-12-16-14(19-17-12)15(8-10-18(2)11-9-15)13-6-4-3-5-7-13/h3-7H,8-11H2,1-2H3. The molecule has 1 saturated heterocycles. The minimum atomic E-state index is -0.116. The van der Waals surface area contributed by atoms with Crippen LogP contribution < -0.4 is 0 Å². The van der Waals surface area contributed by atoms with E-state index < -0.39 is 0 Å². The van der Waals surface area contributed by atoms with Gasteiger partial charge >= 0.3 is 0 Å². The molecule has 0 aliphatic carbocycles. The van der Waals surface area contributed by atoms with E-state index in [0.717, 1.165) is 31.8 Å². The fourth-order valence-corrected chi connectivity index (χ4v) is 2.87. The van der Waals surface area contributed by atoms with Crippen LogP contribution >= 0.6 is 0 Å². The van der Waals surface area contributed by atoms with Gasteiger partial charge in [0, 0.05) is 0 Å². The second-order valence-electron chi connectivity index (χ2n) is 5.40. The Morgan fingerprint density at radius 1 is 1.16 bits per heavy atom. The number of benzene rings is 1. The van der Waals surface area contributed by atoms with Crippen molar-refractivity contribution in [3.05, 3.63) is 47.6 Å². The van der Waals surface area contributed by atoms with Crippen molar-refractivity contribution in [1.29, 1.82) is 0 Å². The molecule has 0 atom stereocenters. The van der Waals surface area contributed by atoms with Gasteiger partial charge in [0.05, 0.1) is 5.41 Å². The molecule has 3 rings (SSSR count). The number of likely N-dealkylation sites (tertiary alicyclic amines) is 1. The maximum Gasteiger partial charge on any atom is 0.237 e. The Labute approximate surface area is 113 Å². The minimum Gasteiger partial charge on any atom is -0.338 e. The molecule has 100 valence electrons. The van der Waals surface area contributed by atoms with E-state index in [-0.39, 0.29) is 5.41 Å². The molecule has 0 saturated carbocycles. The second kappa shape index (κ2) is 4.78. The van der Waals surface area contributed by atoms with Gasteiger partial charge in [-0.1, -0.05) is 35.5 Å². The lowest BCUT2D eigenvalue weighted by atomic mass is 9.72. The lowest BCUT2D eigenvalue weighted by molar-refractivity contribution is 0.179. The van der Waals surface area contributed by atoms with Crippen molar-refractivity contribution in [3.63, 3.8) is 0 Å². The molecular formula is C15H19N3O. The van der Waals surface area contributed by atoms with Gasteiger partial charge in [0.2, 0.25) is 5.89 Å². The summed E-state index contributed by atoms with van der Waals surface area (Å²) in [7, 11) is 2.16. The van der Waals surface area contributed by atoms with Gasteiger partial charge in [0.25, 0.3) is 0 Å². The summed E-state index contributed by atoms with van der Waals surface area (Å²) < 4.78 is 5.52. The molecule has 0 spiro atoms. The Bertz CT molecular complexity index is 542. The van der Waals surface area contributed by atoms with Crippen molar-refractivity contribution in [2.45, 2.75) is 25.2 Å². The fraction of sp³-hybridized carbons (Fsp3) is 0.467. The molecule has 0 radical (unpaired) electrons. The third-order valence-electron chi connectivity index (χ3n) is 4.10. The van der Waals surface area contributed by atoms with Gasteiger partial charge in [0.15, 0.2) is 5.82 Å². The average Bonchev–Trinajstić information content (AvgIpc) is 2.88. The van der Waals surface area contributed by atoms with Gasteiger partial charge in [-0.25, -0.2) is 0 Å². The number of rotatable bonds is 2. The van der Waals surface area contributed by atoms with E-state index in [2.05, 4.69) is 46.4 Å².